The molecule has 3 rings (SSSR count). The Morgan fingerprint density at radius 2 is 2.04 bits per heavy atom. The second-order valence-electron chi connectivity index (χ2n) is 4.92. The Morgan fingerprint density at radius 3 is 2.65 bits per heavy atom. The molecule has 0 radical (unpaired) electrons. The summed E-state index contributed by atoms with van der Waals surface area (Å²) in [6.07, 6.45) is 5.75. The summed E-state index contributed by atoms with van der Waals surface area (Å²) < 4.78 is 1.42. The molecule has 0 fully saturated rings. The van der Waals surface area contributed by atoms with Crippen LogP contribution in [0.2, 0.25) is 0 Å². The lowest BCUT2D eigenvalue weighted by atomic mass is 10.1. The van der Waals surface area contributed by atoms with Crippen molar-refractivity contribution in [2.75, 3.05) is 6.26 Å². The van der Waals surface area contributed by atoms with Crippen LogP contribution in [-0.2, 0) is 6.42 Å². The van der Waals surface area contributed by atoms with Crippen molar-refractivity contribution in [3.05, 3.63) is 64.7 Å². The highest BCUT2D eigenvalue weighted by Crippen LogP contribution is 2.18. The number of nitrogens with one attached hydrogen (secondary N) is 1. The Balaban J connectivity index is 1.95. The van der Waals surface area contributed by atoms with Gasteiger partial charge in [-0.2, -0.15) is 5.26 Å². The summed E-state index contributed by atoms with van der Waals surface area (Å²) in [4.78, 5) is 17.9. The van der Waals surface area contributed by atoms with Gasteiger partial charge in [-0.3, -0.25) is 9.89 Å². The smallest absolute Gasteiger partial charge is 0.280 e. The van der Waals surface area contributed by atoms with Gasteiger partial charge in [0.15, 0.2) is 5.82 Å². The summed E-state index contributed by atoms with van der Waals surface area (Å²) in [6.45, 7) is 0. The first-order valence-corrected chi connectivity index (χ1v) is 8.22. The van der Waals surface area contributed by atoms with Crippen LogP contribution >= 0.6 is 11.8 Å². The van der Waals surface area contributed by atoms with E-state index >= 15 is 0 Å². The van der Waals surface area contributed by atoms with Gasteiger partial charge in [0.1, 0.15) is 0 Å². The molecule has 0 spiro atoms. The van der Waals surface area contributed by atoms with Gasteiger partial charge in [0, 0.05) is 17.3 Å². The summed E-state index contributed by atoms with van der Waals surface area (Å²) in [5, 5.41) is 11.6. The monoisotopic (exact) mass is 322 g/mol. The Kier molecular flexibility index (Phi) is 4.31. The average molecular weight is 322 g/mol. The van der Waals surface area contributed by atoms with Gasteiger partial charge in [0.05, 0.1) is 18.1 Å². The van der Waals surface area contributed by atoms with Crippen molar-refractivity contribution in [2.45, 2.75) is 11.3 Å². The number of aromatic nitrogens is 3. The van der Waals surface area contributed by atoms with Gasteiger partial charge in [-0.15, -0.1) is 11.8 Å². The van der Waals surface area contributed by atoms with Gasteiger partial charge in [0.2, 0.25) is 0 Å². The van der Waals surface area contributed by atoms with E-state index in [9.17, 15) is 4.79 Å². The molecule has 0 atom stereocenters. The maximum atomic E-state index is 12.6. The number of H-pyrrole nitrogens is 1. The molecule has 6 heteroatoms. The van der Waals surface area contributed by atoms with Crippen LogP contribution in [0.4, 0.5) is 0 Å². The van der Waals surface area contributed by atoms with Crippen LogP contribution < -0.4 is 5.56 Å². The summed E-state index contributed by atoms with van der Waals surface area (Å²) in [5.41, 5.74) is 2.17. The Morgan fingerprint density at radius 1 is 1.26 bits per heavy atom. The Hall–Kier alpha value is -2.78. The summed E-state index contributed by atoms with van der Waals surface area (Å²) in [6, 6.07) is 13.3. The van der Waals surface area contributed by atoms with Crippen molar-refractivity contribution < 1.29 is 0 Å². The molecule has 0 saturated carbocycles. The van der Waals surface area contributed by atoms with Crippen LogP contribution in [0.15, 0.2) is 58.5 Å². The fourth-order valence-electron chi connectivity index (χ4n) is 2.27. The summed E-state index contributed by atoms with van der Waals surface area (Å²) in [5.74, 6) is 0.556. The molecule has 1 N–H and O–H groups in total. The molecule has 2 aromatic heterocycles. The maximum Gasteiger partial charge on any atom is 0.280 e. The molecule has 0 bridgehead atoms. The second kappa shape index (κ2) is 6.55. The minimum Gasteiger partial charge on any atom is -0.296 e. The van der Waals surface area contributed by atoms with Gasteiger partial charge in [0.25, 0.3) is 5.56 Å². The predicted molar refractivity (Wildman–Crippen MR) is 90.7 cm³/mol. The lowest BCUT2D eigenvalue weighted by molar-refractivity contribution is 0.816. The fraction of sp³-hybridized carbons (Fsp3) is 0.118. The number of nitrogens with zero attached hydrogens (tertiary/aromatic N) is 3. The highest BCUT2D eigenvalue weighted by Gasteiger charge is 2.10. The van der Waals surface area contributed by atoms with Crippen LogP contribution in [0.3, 0.4) is 0 Å². The van der Waals surface area contributed by atoms with E-state index in [1.807, 2.05) is 42.7 Å². The van der Waals surface area contributed by atoms with Gasteiger partial charge >= 0.3 is 0 Å². The van der Waals surface area contributed by atoms with Gasteiger partial charge in [-0.1, -0.05) is 24.3 Å². The molecule has 2 heterocycles. The van der Waals surface area contributed by atoms with Gasteiger partial charge in [-0.05, 0) is 29.5 Å². The molecule has 1 aromatic carbocycles. The molecule has 3 aromatic rings. The van der Waals surface area contributed by atoms with Crippen molar-refractivity contribution in [1.82, 2.24) is 14.8 Å². The van der Waals surface area contributed by atoms with E-state index in [0.29, 0.717) is 17.8 Å². The van der Waals surface area contributed by atoms with Crippen LogP contribution in [0.5, 0.6) is 0 Å². The van der Waals surface area contributed by atoms with E-state index in [2.05, 4.69) is 16.2 Å². The number of nitriles is 1. The van der Waals surface area contributed by atoms with E-state index in [1.165, 1.54) is 4.68 Å². The van der Waals surface area contributed by atoms with E-state index in [-0.39, 0.29) is 5.56 Å². The lowest BCUT2D eigenvalue weighted by Crippen LogP contribution is -2.16. The number of aromatic amines is 1. The van der Waals surface area contributed by atoms with Gasteiger partial charge < -0.3 is 0 Å². The normalized spacial score (nSPS) is 10.4. The van der Waals surface area contributed by atoms with E-state index in [0.717, 1.165) is 16.0 Å². The standard InChI is InChI=1S/C17H14N4OS/c1-23-14-6-7-16(19-10-14)21-17(22)15(11-20-21)13-4-2-12(3-5-13)8-9-18/h2-7,10-11,20H,8H2,1H3. The highest BCUT2D eigenvalue weighted by molar-refractivity contribution is 7.98. The van der Waals surface area contributed by atoms with Crippen molar-refractivity contribution in [1.29, 1.82) is 5.26 Å². The second-order valence-corrected chi connectivity index (χ2v) is 5.80. The van der Waals surface area contributed by atoms with E-state index in [1.54, 1.807) is 24.2 Å². The molecule has 114 valence electrons. The topological polar surface area (TPSA) is 74.5 Å². The zero-order valence-corrected chi connectivity index (χ0v) is 13.3. The molecule has 0 aliphatic heterocycles. The molecule has 0 saturated heterocycles. The SMILES string of the molecule is CSc1ccc(-n2[nH]cc(-c3ccc(CC#N)cc3)c2=O)nc1. The quantitative estimate of drug-likeness (QED) is 0.749. The third-order valence-corrected chi connectivity index (χ3v) is 4.22. The zero-order valence-electron chi connectivity index (χ0n) is 12.5. The van der Waals surface area contributed by atoms with Crippen LogP contribution in [0.25, 0.3) is 16.9 Å². The minimum absolute atomic E-state index is 0.151. The third kappa shape index (κ3) is 3.05. The molecule has 0 unspecified atom stereocenters. The number of pyridine rings is 1. The predicted octanol–water partition coefficient (Wildman–Crippen LogP) is 3.02. The number of benzene rings is 1. The average Bonchev–Trinajstić information content (AvgIpc) is 2.97. The molecular formula is C17H14N4OS. The third-order valence-electron chi connectivity index (χ3n) is 3.51. The van der Waals surface area contributed by atoms with Crippen molar-refractivity contribution >= 4 is 11.8 Å². The van der Waals surface area contributed by atoms with E-state index in [4.69, 9.17) is 5.26 Å². The fourth-order valence-corrected chi connectivity index (χ4v) is 2.63. The molecule has 0 aliphatic rings. The largest absolute Gasteiger partial charge is 0.296 e. The van der Waals surface area contributed by atoms with Gasteiger partial charge in [-0.25, -0.2) is 9.67 Å². The van der Waals surface area contributed by atoms with Crippen molar-refractivity contribution in [3.8, 4) is 23.0 Å². The molecule has 0 amide bonds. The summed E-state index contributed by atoms with van der Waals surface area (Å²) >= 11 is 1.60. The van der Waals surface area contributed by atoms with Crippen LogP contribution in [-0.4, -0.2) is 21.0 Å². The van der Waals surface area contributed by atoms with Crippen LogP contribution in [0.1, 0.15) is 5.56 Å². The minimum atomic E-state index is -0.151. The van der Waals surface area contributed by atoms with E-state index < -0.39 is 0 Å². The first-order valence-electron chi connectivity index (χ1n) is 7.00. The highest BCUT2D eigenvalue weighted by atomic mass is 32.2. The molecule has 23 heavy (non-hydrogen) atoms. The zero-order chi connectivity index (χ0) is 16.2. The Labute approximate surface area is 137 Å². The summed E-state index contributed by atoms with van der Waals surface area (Å²) in [7, 11) is 0. The lowest BCUT2D eigenvalue weighted by Gasteiger charge is -2.01. The first-order chi connectivity index (χ1) is 11.2. The molecule has 0 aliphatic carbocycles. The van der Waals surface area contributed by atoms with Crippen molar-refractivity contribution in [2.24, 2.45) is 0 Å². The number of thioether (sulfide) groups is 1. The molecule has 5 nitrogen and oxygen atoms in total. The molecular weight excluding hydrogens is 308 g/mol. The number of hydrogen-bond donors (Lipinski definition) is 1. The number of hydrogen-bond acceptors (Lipinski definition) is 4. The first kappa shape index (κ1) is 15.1. The van der Waals surface area contributed by atoms with Crippen LogP contribution in [0, 0.1) is 11.3 Å². The van der Waals surface area contributed by atoms with Crippen molar-refractivity contribution in [3.63, 3.8) is 0 Å². The Bertz CT molecular complexity index is 902. The maximum absolute atomic E-state index is 12.6. The number of rotatable bonds is 4.